The van der Waals surface area contributed by atoms with E-state index in [-0.39, 0.29) is 11.3 Å². The monoisotopic (exact) mass is 310 g/mol. The maximum atomic E-state index is 11.9. The van der Waals surface area contributed by atoms with Crippen molar-refractivity contribution in [1.29, 1.82) is 0 Å². The molecule has 0 aliphatic carbocycles. The quantitative estimate of drug-likeness (QED) is 0.930. The summed E-state index contributed by atoms with van der Waals surface area (Å²) in [6, 6.07) is 8.25. The van der Waals surface area contributed by atoms with Gasteiger partial charge in [-0.3, -0.25) is 9.69 Å². The first kappa shape index (κ1) is 13.6. The zero-order chi connectivity index (χ0) is 13.2. The number of nitrogens with zero attached hydrogens (tertiary/aromatic N) is 1. The lowest BCUT2D eigenvalue weighted by atomic mass is 9.89. The van der Waals surface area contributed by atoms with Crippen molar-refractivity contribution in [2.24, 2.45) is 5.41 Å². The molecule has 1 amide bonds. The summed E-state index contributed by atoms with van der Waals surface area (Å²) in [5, 5.41) is 2.77. The molecule has 98 valence electrons. The van der Waals surface area contributed by atoms with Crippen molar-refractivity contribution < 1.29 is 4.79 Å². The van der Waals surface area contributed by atoms with Gasteiger partial charge in [-0.25, -0.2) is 0 Å². The van der Waals surface area contributed by atoms with Crippen LogP contribution in [0.5, 0.6) is 0 Å². The lowest BCUT2D eigenvalue weighted by molar-refractivity contribution is -0.129. The Bertz CT molecular complexity index is 449. The average Bonchev–Trinajstić information content (AvgIpc) is 2.74. The molecule has 2 rings (SSSR count). The van der Waals surface area contributed by atoms with Crippen LogP contribution in [0, 0.1) is 5.41 Å². The minimum Gasteiger partial charge on any atom is -0.359 e. The maximum Gasteiger partial charge on any atom is 0.227 e. The van der Waals surface area contributed by atoms with Crippen molar-refractivity contribution in [3.8, 4) is 0 Å². The predicted octanol–water partition coefficient (Wildman–Crippen LogP) is 2.41. The third-order valence-electron chi connectivity index (χ3n) is 3.68. The molecule has 1 aromatic rings. The van der Waals surface area contributed by atoms with Crippen LogP contribution in [-0.4, -0.2) is 30.9 Å². The van der Waals surface area contributed by atoms with E-state index in [0.717, 1.165) is 30.5 Å². The number of hydrogen-bond acceptors (Lipinski definition) is 2. The highest BCUT2D eigenvalue weighted by Gasteiger charge is 2.39. The number of likely N-dealkylation sites (tertiary alicyclic amines) is 1. The highest BCUT2D eigenvalue weighted by atomic mass is 79.9. The first-order valence-corrected chi connectivity index (χ1v) is 7.02. The Morgan fingerprint density at radius 1 is 1.50 bits per heavy atom. The highest BCUT2D eigenvalue weighted by molar-refractivity contribution is 9.10. The lowest BCUT2D eigenvalue weighted by Gasteiger charge is -2.23. The van der Waals surface area contributed by atoms with E-state index in [4.69, 9.17) is 0 Å². The molecule has 4 heteroatoms. The molecule has 1 saturated heterocycles. The third-order valence-corrected chi connectivity index (χ3v) is 4.45. The summed E-state index contributed by atoms with van der Waals surface area (Å²) < 4.78 is 1.14. The molecule has 3 nitrogen and oxygen atoms in total. The van der Waals surface area contributed by atoms with E-state index < -0.39 is 0 Å². The SMILES string of the molecule is CNC(=O)C1(C)CCN(Cc2ccccc2Br)C1. The minimum absolute atomic E-state index is 0.150. The van der Waals surface area contributed by atoms with Crippen LogP contribution in [0.25, 0.3) is 0 Å². The number of nitrogens with one attached hydrogen (secondary N) is 1. The van der Waals surface area contributed by atoms with Gasteiger partial charge in [0.15, 0.2) is 0 Å². The summed E-state index contributed by atoms with van der Waals surface area (Å²) in [6.07, 6.45) is 0.928. The van der Waals surface area contributed by atoms with Gasteiger partial charge in [0, 0.05) is 24.6 Å². The fourth-order valence-corrected chi connectivity index (χ4v) is 2.96. The normalized spacial score (nSPS) is 24.2. The van der Waals surface area contributed by atoms with Gasteiger partial charge in [-0.1, -0.05) is 34.1 Å². The van der Waals surface area contributed by atoms with E-state index >= 15 is 0 Å². The van der Waals surface area contributed by atoms with Crippen LogP contribution in [0.2, 0.25) is 0 Å². The Hall–Kier alpha value is -0.870. The average molecular weight is 311 g/mol. The third kappa shape index (κ3) is 2.75. The molecule has 1 aliphatic rings. The van der Waals surface area contributed by atoms with Gasteiger partial charge >= 0.3 is 0 Å². The van der Waals surface area contributed by atoms with Crippen molar-refractivity contribution in [2.45, 2.75) is 19.9 Å². The van der Waals surface area contributed by atoms with Gasteiger partial charge in [-0.15, -0.1) is 0 Å². The van der Waals surface area contributed by atoms with Crippen molar-refractivity contribution in [3.05, 3.63) is 34.3 Å². The zero-order valence-corrected chi connectivity index (χ0v) is 12.5. The minimum atomic E-state index is -0.240. The molecule has 1 atom stereocenters. The van der Waals surface area contributed by atoms with Gasteiger partial charge in [0.1, 0.15) is 0 Å². The summed E-state index contributed by atoms with van der Waals surface area (Å²) in [5.41, 5.74) is 1.04. The second-order valence-corrected chi connectivity index (χ2v) is 6.05. The van der Waals surface area contributed by atoms with Crippen LogP contribution < -0.4 is 5.32 Å². The Kier molecular flexibility index (Phi) is 4.07. The van der Waals surface area contributed by atoms with Crippen molar-refractivity contribution in [1.82, 2.24) is 10.2 Å². The second-order valence-electron chi connectivity index (χ2n) is 5.19. The summed E-state index contributed by atoms with van der Waals surface area (Å²) in [4.78, 5) is 14.2. The van der Waals surface area contributed by atoms with E-state index in [1.807, 2.05) is 19.1 Å². The number of halogens is 1. The van der Waals surface area contributed by atoms with Crippen LogP contribution in [0.3, 0.4) is 0 Å². The molecule has 0 radical (unpaired) electrons. The number of benzene rings is 1. The molecule has 18 heavy (non-hydrogen) atoms. The zero-order valence-electron chi connectivity index (χ0n) is 10.9. The van der Waals surface area contributed by atoms with Crippen molar-refractivity contribution >= 4 is 21.8 Å². The molecule has 1 aliphatic heterocycles. The first-order valence-electron chi connectivity index (χ1n) is 6.23. The fraction of sp³-hybridized carbons (Fsp3) is 0.500. The maximum absolute atomic E-state index is 11.9. The van der Waals surface area contributed by atoms with Crippen LogP contribution in [0.4, 0.5) is 0 Å². The van der Waals surface area contributed by atoms with Gasteiger partial charge in [0.2, 0.25) is 5.91 Å². The van der Waals surface area contributed by atoms with Gasteiger partial charge in [0.05, 0.1) is 5.41 Å². The largest absolute Gasteiger partial charge is 0.359 e. The molecular formula is C14H19BrN2O. The summed E-state index contributed by atoms with van der Waals surface area (Å²) in [5.74, 6) is 0.150. The van der Waals surface area contributed by atoms with Gasteiger partial charge in [0.25, 0.3) is 0 Å². The fourth-order valence-electron chi connectivity index (χ4n) is 2.55. The Balaban J connectivity index is 2.02. The smallest absolute Gasteiger partial charge is 0.227 e. The summed E-state index contributed by atoms with van der Waals surface area (Å²) >= 11 is 3.57. The summed E-state index contributed by atoms with van der Waals surface area (Å²) in [7, 11) is 1.71. The second kappa shape index (κ2) is 5.41. The molecule has 0 aromatic heterocycles. The number of carbonyl (C=O) groups is 1. The highest BCUT2D eigenvalue weighted by Crippen LogP contribution is 2.31. The van der Waals surface area contributed by atoms with E-state index in [0.29, 0.717) is 0 Å². The van der Waals surface area contributed by atoms with Gasteiger partial charge in [-0.2, -0.15) is 0 Å². The van der Waals surface area contributed by atoms with Crippen LogP contribution in [0.15, 0.2) is 28.7 Å². The van der Waals surface area contributed by atoms with Crippen LogP contribution in [0.1, 0.15) is 18.9 Å². The number of hydrogen-bond donors (Lipinski definition) is 1. The van der Waals surface area contributed by atoms with Crippen LogP contribution >= 0.6 is 15.9 Å². The molecule has 1 unspecified atom stereocenters. The molecule has 0 bridgehead atoms. The van der Waals surface area contributed by atoms with E-state index in [2.05, 4.69) is 38.3 Å². The van der Waals surface area contributed by atoms with Crippen molar-refractivity contribution in [3.63, 3.8) is 0 Å². The molecule has 0 saturated carbocycles. The van der Waals surface area contributed by atoms with Gasteiger partial charge < -0.3 is 5.32 Å². The number of amides is 1. The molecule has 1 N–H and O–H groups in total. The first-order chi connectivity index (χ1) is 8.55. The topological polar surface area (TPSA) is 32.3 Å². The Morgan fingerprint density at radius 2 is 2.22 bits per heavy atom. The van der Waals surface area contributed by atoms with Crippen molar-refractivity contribution in [2.75, 3.05) is 20.1 Å². The molecule has 0 spiro atoms. The summed E-state index contributed by atoms with van der Waals surface area (Å²) in [6.45, 7) is 4.75. The molecular weight excluding hydrogens is 292 g/mol. The molecule has 1 fully saturated rings. The van der Waals surface area contributed by atoms with Crippen LogP contribution in [-0.2, 0) is 11.3 Å². The standard InChI is InChI=1S/C14H19BrN2O/c1-14(13(18)16-2)7-8-17(10-14)9-11-5-3-4-6-12(11)15/h3-6H,7-10H2,1-2H3,(H,16,18). The Morgan fingerprint density at radius 3 is 2.89 bits per heavy atom. The predicted molar refractivity (Wildman–Crippen MR) is 76.2 cm³/mol. The molecule has 1 aromatic carbocycles. The number of carbonyl (C=O) groups excluding carboxylic acids is 1. The molecule has 1 heterocycles. The Labute approximate surface area is 117 Å². The lowest BCUT2D eigenvalue weighted by Crippen LogP contribution is -2.39. The van der Waals surface area contributed by atoms with Gasteiger partial charge in [-0.05, 0) is 31.5 Å². The van der Waals surface area contributed by atoms with E-state index in [9.17, 15) is 4.79 Å². The van der Waals surface area contributed by atoms with E-state index in [1.54, 1.807) is 7.05 Å². The number of rotatable bonds is 3. The van der Waals surface area contributed by atoms with E-state index in [1.165, 1.54) is 5.56 Å².